The van der Waals surface area contributed by atoms with Crippen molar-refractivity contribution in [2.75, 3.05) is 19.8 Å². The molecule has 0 saturated heterocycles. The topological polar surface area (TPSA) is 82.8 Å². The van der Waals surface area contributed by atoms with E-state index >= 15 is 0 Å². The second-order valence-corrected chi connectivity index (χ2v) is 6.59. The van der Waals surface area contributed by atoms with Crippen molar-refractivity contribution < 1.29 is 32.3 Å². The van der Waals surface area contributed by atoms with E-state index in [9.17, 15) is 13.6 Å². The van der Waals surface area contributed by atoms with Crippen LogP contribution < -0.4 is 19.5 Å². The number of amides is 1. The molecule has 0 bridgehead atoms. The molecule has 0 spiro atoms. The molecule has 9 heteroatoms. The summed E-state index contributed by atoms with van der Waals surface area (Å²) in [6.45, 7) is 6.72. The Hall–Kier alpha value is -3.62. The van der Waals surface area contributed by atoms with Crippen LogP contribution in [0.15, 0.2) is 40.9 Å². The van der Waals surface area contributed by atoms with Crippen LogP contribution in [-0.4, -0.2) is 30.9 Å². The SMILES string of the molecule is CCOc1cc(C(=O)NCc2cc(-c3ccc(F)cc3F)on2)cc(OCC)c1OCC. The van der Waals surface area contributed by atoms with Gasteiger partial charge in [-0.05, 0) is 45.0 Å². The molecule has 0 aliphatic carbocycles. The predicted molar refractivity (Wildman–Crippen MR) is 113 cm³/mol. The second kappa shape index (κ2) is 10.6. The van der Waals surface area contributed by atoms with E-state index < -0.39 is 17.5 Å². The van der Waals surface area contributed by atoms with Gasteiger partial charge in [0.2, 0.25) is 5.75 Å². The van der Waals surface area contributed by atoms with Crippen LogP contribution in [0.1, 0.15) is 36.8 Å². The minimum atomic E-state index is -0.766. The number of ether oxygens (including phenoxy) is 3. The minimum Gasteiger partial charge on any atom is -0.490 e. The molecular weight excluding hydrogens is 422 g/mol. The number of rotatable bonds is 10. The summed E-state index contributed by atoms with van der Waals surface area (Å²) in [7, 11) is 0. The molecule has 3 rings (SSSR count). The van der Waals surface area contributed by atoms with Gasteiger partial charge >= 0.3 is 0 Å². The molecule has 2 aromatic carbocycles. The van der Waals surface area contributed by atoms with Gasteiger partial charge in [0, 0.05) is 17.7 Å². The first-order valence-corrected chi connectivity index (χ1v) is 10.2. The zero-order valence-corrected chi connectivity index (χ0v) is 18.0. The lowest BCUT2D eigenvalue weighted by atomic mass is 10.1. The number of halogens is 2. The van der Waals surface area contributed by atoms with Crippen LogP contribution in [0.5, 0.6) is 17.2 Å². The molecule has 0 saturated carbocycles. The Balaban J connectivity index is 1.76. The zero-order valence-electron chi connectivity index (χ0n) is 18.0. The Labute approximate surface area is 184 Å². The fourth-order valence-corrected chi connectivity index (χ4v) is 3.00. The van der Waals surface area contributed by atoms with E-state index in [1.807, 2.05) is 20.8 Å². The second-order valence-electron chi connectivity index (χ2n) is 6.59. The van der Waals surface area contributed by atoms with E-state index in [1.165, 1.54) is 12.1 Å². The summed E-state index contributed by atoms with van der Waals surface area (Å²) in [5, 5.41) is 6.56. The summed E-state index contributed by atoms with van der Waals surface area (Å²) in [5.41, 5.74) is 0.762. The smallest absolute Gasteiger partial charge is 0.251 e. The summed E-state index contributed by atoms with van der Waals surface area (Å²) in [6, 6.07) is 7.78. The maximum Gasteiger partial charge on any atom is 0.251 e. The van der Waals surface area contributed by atoms with Gasteiger partial charge in [-0.3, -0.25) is 4.79 Å². The van der Waals surface area contributed by atoms with Gasteiger partial charge in [0.25, 0.3) is 5.91 Å². The summed E-state index contributed by atoms with van der Waals surface area (Å²) in [6.07, 6.45) is 0. The maximum atomic E-state index is 13.9. The van der Waals surface area contributed by atoms with Gasteiger partial charge in [0.15, 0.2) is 17.3 Å². The number of nitrogens with one attached hydrogen (secondary N) is 1. The van der Waals surface area contributed by atoms with Gasteiger partial charge in [-0.15, -0.1) is 0 Å². The van der Waals surface area contributed by atoms with E-state index in [-0.39, 0.29) is 17.9 Å². The Morgan fingerprint density at radius 2 is 1.62 bits per heavy atom. The number of benzene rings is 2. The Morgan fingerprint density at radius 3 is 2.22 bits per heavy atom. The van der Waals surface area contributed by atoms with Gasteiger partial charge in [0.05, 0.1) is 31.9 Å². The molecule has 1 heterocycles. The average molecular weight is 446 g/mol. The van der Waals surface area contributed by atoms with E-state index in [0.717, 1.165) is 12.1 Å². The highest BCUT2D eigenvalue weighted by atomic mass is 19.1. The quantitative estimate of drug-likeness (QED) is 0.484. The van der Waals surface area contributed by atoms with Crippen molar-refractivity contribution in [2.45, 2.75) is 27.3 Å². The van der Waals surface area contributed by atoms with Crippen LogP contribution in [0.4, 0.5) is 8.78 Å². The van der Waals surface area contributed by atoms with Crippen molar-refractivity contribution in [2.24, 2.45) is 0 Å². The summed E-state index contributed by atoms with van der Waals surface area (Å²) >= 11 is 0. The highest BCUT2D eigenvalue weighted by Gasteiger charge is 2.19. The van der Waals surface area contributed by atoms with Crippen LogP contribution in [0, 0.1) is 11.6 Å². The molecule has 1 amide bonds. The number of hydrogen-bond acceptors (Lipinski definition) is 6. The van der Waals surface area contributed by atoms with Crippen molar-refractivity contribution in [3.8, 4) is 28.6 Å². The lowest BCUT2D eigenvalue weighted by Gasteiger charge is -2.17. The van der Waals surface area contributed by atoms with Crippen molar-refractivity contribution in [1.29, 1.82) is 0 Å². The number of aromatic nitrogens is 1. The molecule has 0 atom stereocenters. The number of carbonyl (C=O) groups is 1. The number of carbonyl (C=O) groups excluding carboxylic acids is 1. The zero-order chi connectivity index (χ0) is 23.1. The number of nitrogens with zero attached hydrogens (tertiary/aromatic N) is 1. The maximum absolute atomic E-state index is 13.9. The average Bonchev–Trinajstić information content (AvgIpc) is 3.23. The first-order chi connectivity index (χ1) is 15.5. The first-order valence-electron chi connectivity index (χ1n) is 10.2. The molecule has 7 nitrogen and oxygen atoms in total. The van der Waals surface area contributed by atoms with Crippen molar-refractivity contribution in [1.82, 2.24) is 10.5 Å². The minimum absolute atomic E-state index is 0.0340. The van der Waals surface area contributed by atoms with Crippen LogP contribution in [0.25, 0.3) is 11.3 Å². The highest BCUT2D eigenvalue weighted by Crippen LogP contribution is 2.39. The van der Waals surface area contributed by atoms with E-state index in [2.05, 4.69) is 10.5 Å². The molecule has 0 fully saturated rings. The van der Waals surface area contributed by atoms with Crippen molar-refractivity contribution in [3.05, 3.63) is 59.3 Å². The van der Waals surface area contributed by atoms with Crippen LogP contribution >= 0.6 is 0 Å². The molecule has 0 radical (unpaired) electrons. The third-order valence-electron chi connectivity index (χ3n) is 4.36. The molecule has 0 aliphatic heterocycles. The monoisotopic (exact) mass is 446 g/mol. The molecule has 1 N–H and O–H groups in total. The van der Waals surface area contributed by atoms with E-state index in [1.54, 1.807) is 12.1 Å². The Morgan fingerprint density at radius 1 is 0.969 bits per heavy atom. The third-order valence-corrected chi connectivity index (χ3v) is 4.36. The fraction of sp³-hybridized carbons (Fsp3) is 0.304. The summed E-state index contributed by atoms with van der Waals surface area (Å²) in [4.78, 5) is 12.7. The molecule has 0 unspecified atom stereocenters. The van der Waals surface area contributed by atoms with E-state index in [0.29, 0.717) is 48.3 Å². The summed E-state index contributed by atoms with van der Waals surface area (Å²) in [5.74, 6) is -0.473. The summed E-state index contributed by atoms with van der Waals surface area (Å²) < 4.78 is 49.1. The largest absolute Gasteiger partial charge is 0.490 e. The van der Waals surface area contributed by atoms with Gasteiger partial charge in [0.1, 0.15) is 17.3 Å². The standard InChI is InChI=1S/C23H24F2N2O5/c1-4-29-20-9-14(10-21(30-5-2)22(20)31-6-3)23(28)26-13-16-12-19(32-27-16)17-8-7-15(24)11-18(17)25/h7-12H,4-6,13H2,1-3H3,(H,26,28). The lowest BCUT2D eigenvalue weighted by molar-refractivity contribution is 0.0949. The highest BCUT2D eigenvalue weighted by molar-refractivity contribution is 5.95. The molecule has 3 aromatic rings. The molecule has 170 valence electrons. The van der Waals surface area contributed by atoms with Gasteiger partial charge in [-0.2, -0.15) is 0 Å². The predicted octanol–water partition coefficient (Wildman–Crippen LogP) is 4.75. The van der Waals surface area contributed by atoms with Crippen molar-refractivity contribution >= 4 is 5.91 Å². The van der Waals surface area contributed by atoms with E-state index in [4.69, 9.17) is 18.7 Å². The number of hydrogen-bond donors (Lipinski definition) is 1. The lowest BCUT2D eigenvalue weighted by Crippen LogP contribution is -2.23. The third kappa shape index (κ3) is 5.35. The van der Waals surface area contributed by atoms with Crippen LogP contribution in [0.2, 0.25) is 0 Å². The molecule has 1 aromatic heterocycles. The molecule has 32 heavy (non-hydrogen) atoms. The van der Waals surface area contributed by atoms with Gasteiger partial charge in [-0.25, -0.2) is 8.78 Å². The first kappa shape index (κ1) is 23.1. The van der Waals surface area contributed by atoms with Crippen LogP contribution in [-0.2, 0) is 6.54 Å². The van der Waals surface area contributed by atoms with Gasteiger partial charge < -0.3 is 24.1 Å². The van der Waals surface area contributed by atoms with Crippen molar-refractivity contribution in [3.63, 3.8) is 0 Å². The molecule has 0 aliphatic rings. The van der Waals surface area contributed by atoms with Gasteiger partial charge in [-0.1, -0.05) is 5.16 Å². The van der Waals surface area contributed by atoms with Crippen LogP contribution in [0.3, 0.4) is 0 Å². The Bertz CT molecular complexity index is 1060. The Kier molecular flexibility index (Phi) is 7.64. The fourth-order valence-electron chi connectivity index (χ4n) is 3.00. The normalized spacial score (nSPS) is 10.7. The molecular formula is C23H24F2N2O5.